The molecule has 0 bridgehead atoms. The largest absolute Gasteiger partial charge is 0.322 e. The van der Waals surface area contributed by atoms with Crippen molar-refractivity contribution in [3.8, 4) is 10.6 Å². The Bertz CT molecular complexity index is 1280. The molecule has 0 aliphatic carbocycles. The van der Waals surface area contributed by atoms with E-state index in [1.807, 2.05) is 42.5 Å². The van der Waals surface area contributed by atoms with Crippen LogP contribution in [0.15, 0.2) is 72.8 Å². The summed E-state index contributed by atoms with van der Waals surface area (Å²) in [5.41, 5.74) is 2.90. The van der Waals surface area contributed by atoms with E-state index in [0.29, 0.717) is 5.69 Å². The Labute approximate surface area is 172 Å². The predicted octanol–water partition coefficient (Wildman–Crippen LogP) is 4.59. The predicted molar refractivity (Wildman–Crippen MR) is 118 cm³/mol. The number of rotatable bonds is 5. The maximum atomic E-state index is 12.8. The Morgan fingerprint density at radius 3 is 2.52 bits per heavy atom. The third kappa shape index (κ3) is 4.44. The quantitative estimate of drug-likeness (QED) is 0.491. The molecule has 3 aromatic carbocycles. The fourth-order valence-corrected chi connectivity index (χ4v) is 4.43. The van der Waals surface area contributed by atoms with Gasteiger partial charge in [0, 0.05) is 11.3 Å². The molecule has 0 radical (unpaired) electrons. The van der Waals surface area contributed by atoms with Crippen LogP contribution in [0.1, 0.15) is 10.4 Å². The number of aromatic nitrogens is 1. The van der Waals surface area contributed by atoms with Crippen LogP contribution in [0.4, 0.5) is 11.4 Å². The molecule has 6 nitrogen and oxygen atoms in total. The number of nitrogens with zero attached hydrogens (tertiary/aromatic N) is 1. The third-order valence-corrected chi connectivity index (χ3v) is 5.80. The van der Waals surface area contributed by atoms with Gasteiger partial charge in [0.05, 0.1) is 27.7 Å². The van der Waals surface area contributed by atoms with Crippen molar-refractivity contribution in [2.24, 2.45) is 0 Å². The number of carbonyl (C=O) groups excluding carboxylic acids is 1. The van der Waals surface area contributed by atoms with Gasteiger partial charge in [-0.1, -0.05) is 36.4 Å². The highest BCUT2D eigenvalue weighted by molar-refractivity contribution is 7.92. The number of fused-ring (bicyclic) bond motifs is 1. The van der Waals surface area contributed by atoms with Gasteiger partial charge in [0.2, 0.25) is 10.0 Å². The summed E-state index contributed by atoms with van der Waals surface area (Å²) in [6.07, 6.45) is 1.04. The van der Waals surface area contributed by atoms with Crippen molar-refractivity contribution < 1.29 is 13.2 Å². The van der Waals surface area contributed by atoms with Gasteiger partial charge in [0.25, 0.3) is 5.91 Å². The number of benzene rings is 3. The zero-order valence-corrected chi connectivity index (χ0v) is 17.0. The van der Waals surface area contributed by atoms with E-state index in [-0.39, 0.29) is 11.3 Å². The lowest BCUT2D eigenvalue weighted by atomic mass is 10.1. The van der Waals surface area contributed by atoms with E-state index in [0.717, 1.165) is 27.0 Å². The van der Waals surface area contributed by atoms with Crippen LogP contribution in [-0.2, 0) is 10.0 Å². The number of carbonyl (C=O) groups is 1. The van der Waals surface area contributed by atoms with E-state index in [9.17, 15) is 13.2 Å². The fourth-order valence-electron chi connectivity index (χ4n) is 2.89. The summed E-state index contributed by atoms with van der Waals surface area (Å²) < 4.78 is 26.6. The highest BCUT2D eigenvalue weighted by Gasteiger charge is 2.14. The van der Waals surface area contributed by atoms with Crippen LogP contribution in [0.5, 0.6) is 0 Å². The van der Waals surface area contributed by atoms with Crippen LogP contribution < -0.4 is 10.0 Å². The van der Waals surface area contributed by atoms with Gasteiger partial charge < -0.3 is 5.32 Å². The number of thiazole rings is 1. The van der Waals surface area contributed by atoms with Crippen LogP contribution in [-0.4, -0.2) is 25.6 Å². The Hall–Kier alpha value is -3.23. The molecule has 0 saturated heterocycles. The number of hydrogen-bond donors (Lipinski definition) is 2. The van der Waals surface area contributed by atoms with E-state index in [1.165, 1.54) is 0 Å². The van der Waals surface area contributed by atoms with Crippen molar-refractivity contribution >= 4 is 48.9 Å². The minimum atomic E-state index is -3.50. The van der Waals surface area contributed by atoms with E-state index < -0.39 is 15.9 Å². The molecule has 1 amide bonds. The molecular weight excluding hydrogens is 406 g/mol. The fraction of sp³-hybridized carbons (Fsp3) is 0.0476. The molecule has 4 aromatic rings. The first-order valence-electron chi connectivity index (χ1n) is 8.73. The summed E-state index contributed by atoms with van der Waals surface area (Å²) in [4.78, 5) is 17.4. The van der Waals surface area contributed by atoms with Gasteiger partial charge in [0.1, 0.15) is 5.01 Å². The normalized spacial score (nSPS) is 11.3. The van der Waals surface area contributed by atoms with Gasteiger partial charge in [-0.2, -0.15) is 0 Å². The van der Waals surface area contributed by atoms with Gasteiger partial charge in [-0.25, -0.2) is 13.4 Å². The summed E-state index contributed by atoms with van der Waals surface area (Å²) in [6.45, 7) is 0. The minimum absolute atomic E-state index is 0.231. The Kier molecular flexibility index (Phi) is 5.04. The number of hydrogen-bond acceptors (Lipinski definition) is 5. The molecule has 0 spiro atoms. The first-order chi connectivity index (χ1) is 13.9. The first kappa shape index (κ1) is 19.1. The second-order valence-electron chi connectivity index (χ2n) is 6.44. The summed E-state index contributed by atoms with van der Waals surface area (Å²) >= 11 is 1.58. The highest BCUT2D eigenvalue weighted by atomic mass is 32.2. The number of anilines is 2. The molecule has 2 N–H and O–H groups in total. The summed E-state index contributed by atoms with van der Waals surface area (Å²) in [6, 6.07) is 21.8. The third-order valence-electron chi connectivity index (χ3n) is 4.13. The molecule has 0 atom stereocenters. The minimum Gasteiger partial charge on any atom is -0.322 e. The van der Waals surface area contributed by atoms with Crippen LogP contribution in [0.25, 0.3) is 20.8 Å². The second kappa shape index (κ2) is 7.65. The molecule has 0 aliphatic rings. The number of amides is 1. The molecule has 0 aliphatic heterocycles. The first-order valence-corrected chi connectivity index (χ1v) is 11.4. The lowest BCUT2D eigenvalue weighted by Gasteiger charge is -2.11. The molecule has 1 heterocycles. The van der Waals surface area contributed by atoms with Crippen LogP contribution in [0.2, 0.25) is 0 Å². The van der Waals surface area contributed by atoms with E-state index >= 15 is 0 Å². The second-order valence-corrected chi connectivity index (χ2v) is 9.22. The van der Waals surface area contributed by atoms with Gasteiger partial charge in [-0.3, -0.25) is 9.52 Å². The molecule has 29 heavy (non-hydrogen) atoms. The van der Waals surface area contributed by atoms with E-state index in [4.69, 9.17) is 0 Å². The standard InChI is InChI=1S/C21H17N3O3S2/c1-29(26,27)24-17-10-3-2-9-16(17)20(25)22-15-8-6-7-14(13-15)21-23-18-11-4-5-12-19(18)28-21/h2-13,24H,1H3,(H,22,25). The van der Waals surface area contributed by atoms with Crippen LogP contribution in [0.3, 0.4) is 0 Å². The molecule has 146 valence electrons. The number of para-hydroxylation sites is 2. The van der Waals surface area contributed by atoms with E-state index in [2.05, 4.69) is 15.0 Å². The van der Waals surface area contributed by atoms with Crippen molar-refractivity contribution in [1.82, 2.24) is 4.98 Å². The maximum Gasteiger partial charge on any atom is 0.257 e. The van der Waals surface area contributed by atoms with Gasteiger partial charge >= 0.3 is 0 Å². The number of nitrogens with one attached hydrogen (secondary N) is 2. The SMILES string of the molecule is CS(=O)(=O)Nc1ccccc1C(=O)Nc1cccc(-c2nc3ccccc3s2)c1. The molecule has 0 unspecified atom stereocenters. The summed E-state index contributed by atoms with van der Waals surface area (Å²) in [7, 11) is -3.50. The Balaban J connectivity index is 1.61. The topological polar surface area (TPSA) is 88.2 Å². The van der Waals surface area contributed by atoms with Crippen molar-refractivity contribution in [3.05, 3.63) is 78.4 Å². The van der Waals surface area contributed by atoms with Crippen molar-refractivity contribution in [3.63, 3.8) is 0 Å². The lowest BCUT2D eigenvalue weighted by Crippen LogP contribution is -2.17. The zero-order chi connectivity index (χ0) is 20.4. The monoisotopic (exact) mass is 423 g/mol. The Morgan fingerprint density at radius 2 is 1.72 bits per heavy atom. The molecule has 0 saturated carbocycles. The maximum absolute atomic E-state index is 12.8. The van der Waals surface area contributed by atoms with E-state index in [1.54, 1.807) is 41.7 Å². The highest BCUT2D eigenvalue weighted by Crippen LogP contribution is 2.31. The average molecular weight is 424 g/mol. The molecule has 4 rings (SSSR count). The Morgan fingerprint density at radius 1 is 0.966 bits per heavy atom. The molecule has 1 aromatic heterocycles. The van der Waals surface area contributed by atoms with Crippen molar-refractivity contribution in [1.29, 1.82) is 0 Å². The van der Waals surface area contributed by atoms with Crippen LogP contribution >= 0.6 is 11.3 Å². The molecule has 8 heteroatoms. The number of sulfonamides is 1. The zero-order valence-electron chi connectivity index (χ0n) is 15.4. The average Bonchev–Trinajstić information content (AvgIpc) is 3.12. The van der Waals surface area contributed by atoms with Gasteiger partial charge in [-0.05, 0) is 36.4 Å². The van der Waals surface area contributed by atoms with Crippen molar-refractivity contribution in [2.75, 3.05) is 16.3 Å². The summed E-state index contributed by atoms with van der Waals surface area (Å²) in [5, 5.41) is 3.69. The molecular formula is C21H17N3O3S2. The lowest BCUT2D eigenvalue weighted by molar-refractivity contribution is 0.102. The smallest absolute Gasteiger partial charge is 0.257 e. The van der Waals surface area contributed by atoms with Gasteiger partial charge in [-0.15, -0.1) is 11.3 Å². The van der Waals surface area contributed by atoms with Crippen molar-refractivity contribution in [2.45, 2.75) is 0 Å². The van der Waals surface area contributed by atoms with Crippen LogP contribution in [0, 0.1) is 0 Å². The molecule has 0 fully saturated rings. The summed E-state index contributed by atoms with van der Waals surface area (Å²) in [5.74, 6) is -0.404. The van der Waals surface area contributed by atoms with Gasteiger partial charge in [0.15, 0.2) is 0 Å².